The van der Waals surface area contributed by atoms with Crippen molar-refractivity contribution in [2.45, 2.75) is 26.3 Å². The Bertz CT molecular complexity index is 433. The van der Waals surface area contributed by atoms with Crippen molar-refractivity contribution in [1.82, 2.24) is 5.32 Å². The fourth-order valence-electron chi connectivity index (χ4n) is 2.19. The third kappa shape index (κ3) is 2.53. The van der Waals surface area contributed by atoms with E-state index in [2.05, 4.69) is 21.2 Å². The lowest BCUT2D eigenvalue weighted by Crippen LogP contribution is -2.38. The van der Waals surface area contributed by atoms with Crippen molar-refractivity contribution in [2.75, 3.05) is 18.0 Å². The largest absolute Gasteiger partial charge is 0.310 e. The number of nitrogens with one attached hydrogen (secondary N) is 1. The predicted molar refractivity (Wildman–Crippen MR) is 73.3 cm³/mol. The molecule has 92 valence electrons. The predicted octanol–water partition coefficient (Wildman–Crippen LogP) is 2.47. The summed E-state index contributed by atoms with van der Waals surface area (Å²) < 4.78 is 0.989. The summed E-state index contributed by atoms with van der Waals surface area (Å²) in [6.45, 7) is 5.69. The number of benzene rings is 1. The van der Waals surface area contributed by atoms with E-state index in [1.165, 1.54) is 5.56 Å². The number of rotatable bonds is 3. The van der Waals surface area contributed by atoms with E-state index in [4.69, 9.17) is 0 Å². The smallest absolute Gasteiger partial charge is 0.244 e. The molecular formula is C13H17BrN2O. The Labute approximate surface area is 110 Å². The Morgan fingerprint density at radius 3 is 2.94 bits per heavy atom. The van der Waals surface area contributed by atoms with E-state index in [-0.39, 0.29) is 11.9 Å². The van der Waals surface area contributed by atoms with Gasteiger partial charge in [-0.25, -0.2) is 0 Å². The second-order valence-corrected chi connectivity index (χ2v) is 5.20. The molecule has 1 unspecified atom stereocenters. The summed E-state index contributed by atoms with van der Waals surface area (Å²) in [7, 11) is 0. The van der Waals surface area contributed by atoms with Crippen LogP contribution in [0.5, 0.6) is 0 Å². The number of anilines is 1. The number of hydrogen-bond acceptors (Lipinski definition) is 2. The topological polar surface area (TPSA) is 32.3 Å². The van der Waals surface area contributed by atoms with Gasteiger partial charge in [-0.2, -0.15) is 0 Å². The van der Waals surface area contributed by atoms with Gasteiger partial charge in [-0.15, -0.1) is 0 Å². The van der Waals surface area contributed by atoms with E-state index in [1.807, 2.05) is 36.9 Å². The first-order valence-electron chi connectivity index (χ1n) is 5.94. The van der Waals surface area contributed by atoms with Crippen LogP contribution in [-0.4, -0.2) is 25.0 Å². The zero-order valence-corrected chi connectivity index (χ0v) is 11.8. The Morgan fingerprint density at radius 1 is 1.53 bits per heavy atom. The van der Waals surface area contributed by atoms with Crippen molar-refractivity contribution in [3.05, 3.63) is 28.2 Å². The van der Waals surface area contributed by atoms with Crippen molar-refractivity contribution in [3.8, 4) is 0 Å². The van der Waals surface area contributed by atoms with Gasteiger partial charge in [0, 0.05) is 11.0 Å². The molecule has 1 heterocycles. The summed E-state index contributed by atoms with van der Waals surface area (Å²) in [6, 6.07) is 6.07. The van der Waals surface area contributed by atoms with Crippen LogP contribution in [0.3, 0.4) is 0 Å². The highest BCUT2D eigenvalue weighted by molar-refractivity contribution is 9.10. The molecule has 1 N–H and O–H groups in total. The minimum Gasteiger partial charge on any atom is -0.310 e. The van der Waals surface area contributed by atoms with E-state index in [0.29, 0.717) is 0 Å². The van der Waals surface area contributed by atoms with Crippen molar-refractivity contribution in [2.24, 2.45) is 0 Å². The zero-order chi connectivity index (χ0) is 12.4. The van der Waals surface area contributed by atoms with Crippen molar-refractivity contribution >= 4 is 27.5 Å². The number of nitrogens with zero attached hydrogens (tertiary/aromatic N) is 1. The lowest BCUT2D eigenvalue weighted by molar-refractivity contribution is -0.118. The van der Waals surface area contributed by atoms with Gasteiger partial charge in [0.15, 0.2) is 0 Å². The van der Waals surface area contributed by atoms with E-state index < -0.39 is 0 Å². The molecule has 1 fully saturated rings. The van der Waals surface area contributed by atoms with Gasteiger partial charge in [0.05, 0.1) is 11.7 Å². The molecule has 0 aliphatic carbocycles. The third-order valence-corrected chi connectivity index (χ3v) is 3.69. The van der Waals surface area contributed by atoms with E-state index >= 15 is 0 Å². The van der Waals surface area contributed by atoms with Gasteiger partial charge in [0.2, 0.25) is 5.91 Å². The summed E-state index contributed by atoms with van der Waals surface area (Å²) in [4.78, 5) is 14.0. The molecule has 1 aromatic carbocycles. The maximum atomic E-state index is 12.2. The molecule has 1 aliphatic rings. The highest BCUT2D eigenvalue weighted by atomic mass is 79.9. The van der Waals surface area contributed by atoms with Gasteiger partial charge in [-0.1, -0.05) is 13.0 Å². The number of carbonyl (C=O) groups is 1. The molecule has 1 aliphatic heterocycles. The SMILES string of the molecule is CCNC1CCN(c2ccc(C)cc2Br)C1=O. The van der Waals surface area contributed by atoms with Crippen molar-refractivity contribution < 1.29 is 4.79 Å². The Balaban J connectivity index is 2.21. The molecule has 1 amide bonds. The number of halogens is 1. The summed E-state index contributed by atoms with van der Waals surface area (Å²) in [5.41, 5.74) is 2.16. The molecule has 3 nitrogen and oxygen atoms in total. The molecular weight excluding hydrogens is 280 g/mol. The van der Waals surface area contributed by atoms with Crippen LogP contribution in [0.4, 0.5) is 5.69 Å². The van der Waals surface area contributed by atoms with Crippen LogP contribution in [-0.2, 0) is 4.79 Å². The van der Waals surface area contributed by atoms with Crippen molar-refractivity contribution in [3.63, 3.8) is 0 Å². The van der Waals surface area contributed by atoms with Crippen molar-refractivity contribution in [1.29, 1.82) is 0 Å². The normalized spacial score (nSPS) is 20.1. The minimum absolute atomic E-state index is 0.0202. The molecule has 0 spiro atoms. The summed E-state index contributed by atoms with van der Waals surface area (Å²) in [5, 5.41) is 3.22. The Morgan fingerprint density at radius 2 is 2.29 bits per heavy atom. The molecule has 0 bridgehead atoms. The molecule has 17 heavy (non-hydrogen) atoms. The van der Waals surface area contributed by atoms with Crippen LogP contribution in [0.15, 0.2) is 22.7 Å². The zero-order valence-electron chi connectivity index (χ0n) is 10.2. The molecule has 1 atom stereocenters. The fourth-order valence-corrected chi connectivity index (χ4v) is 2.89. The molecule has 0 radical (unpaired) electrons. The highest BCUT2D eigenvalue weighted by Crippen LogP contribution is 2.30. The average Bonchev–Trinajstić information content (AvgIpc) is 2.62. The maximum Gasteiger partial charge on any atom is 0.244 e. The van der Waals surface area contributed by atoms with E-state index in [9.17, 15) is 4.79 Å². The number of carbonyl (C=O) groups excluding carboxylic acids is 1. The van der Waals surface area contributed by atoms with Crippen LogP contribution in [0.25, 0.3) is 0 Å². The number of likely N-dealkylation sites (N-methyl/N-ethyl adjacent to an activating group) is 1. The Hall–Kier alpha value is -0.870. The summed E-state index contributed by atoms with van der Waals surface area (Å²) in [6.07, 6.45) is 0.882. The Kier molecular flexibility index (Phi) is 3.84. The molecule has 0 aromatic heterocycles. The maximum absolute atomic E-state index is 12.2. The lowest BCUT2D eigenvalue weighted by atomic mass is 10.2. The second kappa shape index (κ2) is 5.19. The standard InChI is InChI=1S/C13H17BrN2O/c1-3-15-11-6-7-16(13(11)17)12-5-4-9(2)8-10(12)14/h4-5,8,11,15H,3,6-7H2,1-2H3. The monoisotopic (exact) mass is 296 g/mol. The number of aryl methyl sites for hydroxylation is 1. The lowest BCUT2D eigenvalue weighted by Gasteiger charge is -2.19. The molecule has 0 saturated carbocycles. The minimum atomic E-state index is -0.0202. The first kappa shape index (κ1) is 12.6. The van der Waals surface area contributed by atoms with Gasteiger partial charge in [-0.05, 0) is 53.5 Å². The molecule has 2 rings (SSSR count). The summed E-state index contributed by atoms with van der Waals surface area (Å²) >= 11 is 3.53. The third-order valence-electron chi connectivity index (χ3n) is 3.05. The molecule has 1 saturated heterocycles. The van der Waals surface area contributed by atoms with E-state index in [1.54, 1.807) is 0 Å². The van der Waals surface area contributed by atoms with E-state index in [0.717, 1.165) is 29.7 Å². The summed E-state index contributed by atoms with van der Waals surface area (Å²) in [5.74, 6) is 0.177. The van der Waals surface area contributed by atoms with Crippen LogP contribution < -0.4 is 10.2 Å². The first-order chi connectivity index (χ1) is 8.13. The van der Waals surface area contributed by atoms with Crippen LogP contribution in [0.2, 0.25) is 0 Å². The number of amides is 1. The molecule has 4 heteroatoms. The van der Waals surface area contributed by atoms with Gasteiger partial charge in [-0.3, -0.25) is 4.79 Å². The van der Waals surface area contributed by atoms with Crippen LogP contribution in [0.1, 0.15) is 18.9 Å². The fraction of sp³-hybridized carbons (Fsp3) is 0.462. The average molecular weight is 297 g/mol. The quantitative estimate of drug-likeness (QED) is 0.929. The highest BCUT2D eigenvalue weighted by Gasteiger charge is 2.32. The second-order valence-electron chi connectivity index (χ2n) is 4.34. The van der Waals surface area contributed by atoms with Gasteiger partial charge < -0.3 is 10.2 Å². The first-order valence-corrected chi connectivity index (χ1v) is 6.73. The van der Waals surface area contributed by atoms with Crippen LogP contribution in [0, 0.1) is 6.92 Å². The molecule has 1 aromatic rings. The van der Waals surface area contributed by atoms with Gasteiger partial charge in [0.25, 0.3) is 0 Å². The van der Waals surface area contributed by atoms with Gasteiger partial charge in [0.1, 0.15) is 0 Å². The van der Waals surface area contributed by atoms with Crippen LogP contribution >= 0.6 is 15.9 Å². The van der Waals surface area contributed by atoms with Gasteiger partial charge >= 0.3 is 0 Å². The number of hydrogen-bond donors (Lipinski definition) is 1.